The molecular formula is C10H11BrN2O3. The summed E-state index contributed by atoms with van der Waals surface area (Å²) >= 11 is 3.21. The molecule has 0 radical (unpaired) electrons. The minimum absolute atomic E-state index is 0.249. The quantitative estimate of drug-likeness (QED) is 0.846. The van der Waals surface area contributed by atoms with Crippen LogP contribution in [-0.2, 0) is 9.53 Å². The van der Waals surface area contributed by atoms with E-state index in [-0.39, 0.29) is 5.69 Å². The molecule has 0 unspecified atom stereocenters. The number of carbonyl (C=O) groups excluding carboxylic acids is 2. The van der Waals surface area contributed by atoms with Crippen LogP contribution >= 0.6 is 15.9 Å². The van der Waals surface area contributed by atoms with Gasteiger partial charge in [0.1, 0.15) is 11.7 Å². The smallest absolute Gasteiger partial charge is 0.328 e. The topological polar surface area (TPSA) is 68.3 Å². The lowest BCUT2D eigenvalue weighted by atomic mass is 10.3. The molecule has 6 heteroatoms. The van der Waals surface area contributed by atoms with Gasteiger partial charge in [-0.05, 0) is 35.0 Å². The van der Waals surface area contributed by atoms with Crippen molar-refractivity contribution in [1.29, 1.82) is 0 Å². The second-order valence-electron chi connectivity index (χ2n) is 3.08. The molecule has 1 atom stereocenters. The first-order valence-corrected chi connectivity index (χ1v) is 5.34. The van der Waals surface area contributed by atoms with Gasteiger partial charge in [0.05, 0.1) is 7.11 Å². The van der Waals surface area contributed by atoms with Crippen LogP contribution < -0.4 is 5.32 Å². The third kappa shape index (κ3) is 3.30. The van der Waals surface area contributed by atoms with E-state index in [1.54, 1.807) is 19.1 Å². The summed E-state index contributed by atoms with van der Waals surface area (Å²) in [5, 5.41) is 2.48. The minimum Gasteiger partial charge on any atom is -0.467 e. The molecular weight excluding hydrogens is 276 g/mol. The summed E-state index contributed by atoms with van der Waals surface area (Å²) in [7, 11) is 1.27. The second-order valence-corrected chi connectivity index (χ2v) is 4.00. The summed E-state index contributed by atoms with van der Waals surface area (Å²) < 4.78 is 5.27. The van der Waals surface area contributed by atoms with Gasteiger partial charge in [-0.15, -0.1) is 0 Å². The lowest BCUT2D eigenvalue weighted by molar-refractivity contribution is -0.142. The van der Waals surface area contributed by atoms with Crippen LogP contribution in [0.3, 0.4) is 0 Å². The van der Waals surface area contributed by atoms with Gasteiger partial charge < -0.3 is 10.1 Å². The van der Waals surface area contributed by atoms with Crippen LogP contribution in [0.25, 0.3) is 0 Å². The number of ether oxygens (including phenoxy) is 1. The average molecular weight is 287 g/mol. The molecule has 1 amide bonds. The van der Waals surface area contributed by atoms with Crippen LogP contribution in [0.1, 0.15) is 17.4 Å². The standard InChI is InChI=1S/C10H11BrN2O3/c1-6(10(15)16-2)13-9(14)8-4-3-7(11)5-12-8/h3-6H,1-2H3,(H,13,14)/t6-/m0/s1. The molecule has 1 heterocycles. The molecule has 1 N–H and O–H groups in total. The highest BCUT2D eigenvalue weighted by molar-refractivity contribution is 9.10. The zero-order valence-electron chi connectivity index (χ0n) is 8.86. The molecule has 1 rings (SSSR count). The molecule has 0 aliphatic heterocycles. The normalized spacial score (nSPS) is 11.7. The number of amides is 1. The van der Waals surface area contributed by atoms with Gasteiger partial charge in [0.15, 0.2) is 0 Å². The van der Waals surface area contributed by atoms with Gasteiger partial charge in [-0.3, -0.25) is 4.79 Å². The first-order chi connectivity index (χ1) is 7.54. The molecule has 0 aliphatic rings. The number of carbonyl (C=O) groups is 2. The average Bonchev–Trinajstić information content (AvgIpc) is 2.28. The zero-order valence-corrected chi connectivity index (χ0v) is 10.4. The molecule has 0 bridgehead atoms. The predicted molar refractivity (Wildman–Crippen MR) is 60.9 cm³/mol. The summed E-state index contributed by atoms with van der Waals surface area (Å²) in [4.78, 5) is 26.6. The van der Waals surface area contributed by atoms with Crippen molar-refractivity contribution in [2.75, 3.05) is 7.11 Å². The van der Waals surface area contributed by atoms with Crippen molar-refractivity contribution in [2.45, 2.75) is 13.0 Å². The first-order valence-electron chi connectivity index (χ1n) is 4.55. The summed E-state index contributed by atoms with van der Waals surface area (Å²) in [6.07, 6.45) is 1.51. The Balaban J connectivity index is 2.65. The Labute approximate surface area is 101 Å². The highest BCUT2D eigenvalue weighted by Gasteiger charge is 2.17. The van der Waals surface area contributed by atoms with E-state index in [9.17, 15) is 9.59 Å². The third-order valence-electron chi connectivity index (χ3n) is 1.86. The second kappa shape index (κ2) is 5.60. The molecule has 0 fully saturated rings. The van der Waals surface area contributed by atoms with Crippen molar-refractivity contribution in [3.63, 3.8) is 0 Å². The fraction of sp³-hybridized carbons (Fsp3) is 0.300. The van der Waals surface area contributed by atoms with Crippen molar-refractivity contribution in [2.24, 2.45) is 0 Å². The van der Waals surface area contributed by atoms with Crippen molar-refractivity contribution in [3.8, 4) is 0 Å². The Hall–Kier alpha value is -1.43. The van der Waals surface area contributed by atoms with E-state index in [1.807, 2.05) is 0 Å². The summed E-state index contributed by atoms with van der Waals surface area (Å²) in [6.45, 7) is 1.54. The first kappa shape index (κ1) is 12.6. The number of hydrogen-bond donors (Lipinski definition) is 1. The zero-order chi connectivity index (χ0) is 12.1. The van der Waals surface area contributed by atoms with Gasteiger partial charge in [-0.25, -0.2) is 9.78 Å². The molecule has 0 aromatic carbocycles. The Morgan fingerprint density at radius 2 is 2.19 bits per heavy atom. The van der Waals surface area contributed by atoms with Crippen LogP contribution in [0.4, 0.5) is 0 Å². The number of hydrogen-bond acceptors (Lipinski definition) is 4. The minimum atomic E-state index is -0.692. The van der Waals surface area contributed by atoms with E-state index < -0.39 is 17.9 Å². The third-order valence-corrected chi connectivity index (χ3v) is 2.33. The Bertz CT molecular complexity index is 392. The van der Waals surface area contributed by atoms with Crippen molar-refractivity contribution >= 4 is 27.8 Å². The number of esters is 1. The number of aromatic nitrogens is 1. The van der Waals surface area contributed by atoms with Gasteiger partial charge in [0, 0.05) is 10.7 Å². The maximum Gasteiger partial charge on any atom is 0.328 e. The number of pyridine rings is 1. The fourth-order valence-electron chi connectivity index (χ4n) is 1.02. The van der Waals surface area contributed by atoms with E-state index in [0.29, 0.717) is 0 Å². The van der Waals surface area contributed by atoms with Gasteiger partial charge >= 0.3 is 5.97 Å². The van der Waals surface area contributed by atoms with Crippen molar-refractivity contribution in [3.05, 3.63) is 28.5 Å². The van der Waals surface area contributed by atoms with Crippen LogP contribution in [0.15, 0.2) is 22.8 Å². The molecule has 0 aliphatic carbocycles. The Kier molecular flexibility index (Phi) is 4.42. The van der Waals surface area contributed by atoms with Gasteiger partial charge in [-0.1, -0.05) is 0 Å². The molecule has 0 saturated carbocycles. The van der Waals surface area contributed by atoms with Crippen molar-refractivity contribution in [1.82, 2.24) is 10.3 Å². The highest BCUT2D eigenvalue weighted by Crippen LogP contribution is 2.07. The molecule has 0 saturated heterocycles. The largest absolute Gasteiger partial charge is 0.467 e. The molecule has 16 heavy (non-hydrogen) atoms. The number of halogens is 1. The fourth-order valence-corrected chi connectivity index (χ4v) is 1.25. The van der Waals surface area contributed by atoms with Crippen molar-refractivity contribution < 1.29 is 14.3 Å². The monoisotopic (exact) mass is 286 g/mol. The number of nitrogens with zero attached hydrogens (tertiary/aromatic N) is 1. The molecule has 1 aromatic rings. The number of nitrogens with one attached hydrogen (secondary N) is 1. The van der Waals surface area contributed by atoms with E-state index in [2.05, 4.69) is 31.0 Å². The molecule has 1 aromatic heterocycles. The van der Waals surface area contributed by atoms with Gasteiger partial charge in [0.25, 0.3) is 5.91 Å². The van der Waals surface area contributed by atoms with Gasteiger partial charge in [-0.2, -0.15) is 0 Å². The lowest BCUT2D eigenvalue weighted by Gasteiger charge is -2.10. The van der Waals surface area contributed by atoms with Crippen LogP contribution in [0.5, 0.6) is 0 Å². The summed E-state index contributed by atoms with van der Waals surface area (Å²) in [6, 6.07) is 2.57. The van der Waals surface area contributed by atoms with Gasteiger partial charge in [0.2, 0.25) is 0 Å². The molecule has 0 spiro atoms. The van der Waals surface area contributed by atoms with Crippen LogP contribution in [-0.4, -0.2) is 30.0 Å². The SMILES string of the molecule is COC(=O)[C@H](C)NC(=O)c1ccc(Br)cn1. The van der Waals surface area contributed by atoms with Crippen LogP contribution in [0, 0.1) is 0 Å². The van der Waals surface area contributed by atoms with E-state index in [1.165, 1.54) is 13.3 Å². The van der Waals surface area contributed by atoms with E-state index in [0.717, 1.165) is 4.47 Å². The summed E-state index contributed by atoms with van der Waals surface area (Å²) in [5.74, 6) is -0.907. The Morgan fingerprint density at radius 3 is 2.69 bits per heavy atom. The van der Waals surface area contributed by atoms with Crippen LogP contribution in [0.2, 0.25) is 0 Å². The maximum atomic E-state index is 11.6. The molecule has 86 valence electrons. The highest BCUT2D eigenvalue weighted by atomic mass is 79.9. The van der Waals surface area contributed by atoms with E-state index >= 15 is 0 Å². The number of methoxy groups -OCH3 is 1. The Morgan fingerprint density at radius 1 is 1.50 bits per heavy atom. The maximum absolute atomic E-state index is 11.6. The lowest BCUT2D eigenvalue weighted by Crippen LogP contribution is -2.39. The predicted octanol–water partition coefficient (Wildman–Crippen LogP) is 1.14. The van der Waals surface area contributed by atoms with E-state index in [4.69, 9.17) is 0 Å². The summed E-state index contributed by atoms with van der Waals surface area (Å²) in [5.41, 5.74) is 0.249. The molecule has 5 nitrogen and oxygen atoms in total. The number of rotatable bonds is 3.